The number of phosphoric ester groups is 1. The number of hydrogen-bond donors (Lipinski definition) is 0. The highest BCUT2D eigenvalue weighted by Gasteiger charge is 2.22. The third-order valence-electron chi connectivity index (χ3n) is 19.4. The zero-order valence-electron chi connectivity index (χ0n) is 64.4. The van der Waals surface area contributed by atoms with Gasteiger partial charge in [-0.1, -0.05) is 416 Å². The topological polar surface area (TPSA) is 111 Å². The first kappa shape index (κ1) is 93.2. The minimum atomic E-state index is -4.64. The van der Waals surface area contributed by atoms with Gasteiger partial charge in [-0.3, -0.25) is 14.2 Å². The van der Waals surface area contributed by atoms with E-state index >= 15 is 0 Å². The van der Waals surface area contributed by atoms with Gasteiger partial charge in [-0.25, -0.2) is 0 Å². The lowest BCUT2D eigenvalue weighted by Gasteiger charge is -2.28. The Kier molecular flexibility index (Phi) is 75.0. The summed E-state index contributed by atoms with van der Waals surface area (Å²) < 4.78 is 34.5. The van der Waals surface area contributed by atoms with Crippen LogP contribution in [0.1, 0.15) is 444 Å². The number of ether oxygens (including phenoxy) is 2. The van der Waals surface area contributed by atoms with Crippen LogP contribution in [-0.2, 0) is 32.7 Å². The molecule has 0 spiro atoms. The van der Waals surface area contributed by atoms with Crippen molar-refractivity contribution in [3.63, 3.8) is 0 Å². The maximum Gasteiger partial charge on any atom is 0.306 e. The van der Waals surface area contributed by atoms with E-state index in [2.05, 4.69) is 50.3 Å². The molecule has 0 heterocycles. The Labute approximate surface area is 592 Å². The van der Waals surface area contributed by atoms with Gasteiger partial charge in [0.05, 0.1) is 27.7 Å². The average molecular weight is 1360 g/mol. The monoisotopic (exact) mass is 1360 g/mol. The van der Waals surface area contributed by atoms with Crippen LogP contribution in [0.2, 0.25) is 0 Å². The summed E-state index contributed by atoms with van der Waals surface area (Å²) in [4.78, 5) is 38.2. The van der Waals surface area contributed by atoms with Gasteiger partial charge in [0.25, 0.3) is 7.82 Å². The zero-order valence-corrected chi connectivity index (χ0v) is 65.3. The quantitative estimate of drug-likeness (QED) is 0.0195. The van der Waals surface area contributed by atoms with Crippen LogP contribution in [0.4, 0.5) is 0 Å². The lowest BCUT2D eigenvalue weighted by molar-refractivity contribution is -0.870. The highest BCUT2D eigenvalue weighted by Crippen LogP contribution is 2.38. The van der Waals surface area contributed by atoms with Crippen molar-refractivity contribution in [1.29, 1.82) is 0 Å². The summed E-state index contributed by atoms with van der Waals surface area (Å²) in [5, 5.41) is 0. The van der Waals surface area contributed by atoms with Gasteiger partial charge in [-0.15, -0.1) is 0 Å². The summed E-state index contributed by atoms with van der Waals surface area (Å²) in [6, 6.07) is 0. The fourth-order valence-electron chi connectivity index (χ4n) is 13.0. The largest absolute Gasteiger partial charge is 0.756 e. The number of hydrogen-bond acceptors (Lipinski definition) is 8. The Balaban J connectivity index is 3.86. The molecule has 0 rings (SSSR count). The fourth-order valence-corrected chi connectivity index (χ4v) is 13.7. The number of carbonyl (C=O) groups excluding carboxylic acids is 2. The standard InChI is InChI=1S/C85H164NO8P/c1-6-8-10-12-14-16-18-20-22-24-26-28-30-32-34-36-38-39-40-41-42-43-44-45-46-47-48-50-52-54-56-58-60-62-64-66-68-70-72-74-76-78-85(88)94-83(82-93-95(89,90)92-80-79-86(3,4)5)81-91-84(87)77-75-73-71-69-67-65-63-61-59-57-55-53-51-49-37-35-33-31-29-27-25-23-21-19-17-15-13-11-9-7-2/h18,20,24,26,30,32,83H,6-17,19,21-23,25,27-29,31,33-82H2,1-5H3/b20-18-,26-24-,32-30-. The molecule has 2 unspecified atom stereocenters. The number of esters is 2. The maximum absolute atomic E-state index is 12.9. The molecule has 0 bridgehead atoms. The molecule has 0 aliphatic heterocycles. The smallest absolute Gasteiger partial charge is 0.306 e. The van der Waals surface area contributed by atoms with Gasteiger partial charge in [-0.2, -0.15) is 0 Å². The second-order valence-electron chi connectivity index (χ2n) is 30.2. The van der Waals surface area contributed by atoms with Crippen molar-refractivity contribution >= 4 is 19.8 Å². The third-order valence-corrected chi connectivity index (χ3v) is 20.4. The molecule has 0 saturated carbocycles. The first-order valence-electron chi connectivity index (χ1n) is 42.2. The lowest BCUT2D eigenvalue weighted by Crippen LogP contribution is -2.37. The van der Waals surface area contributed by atoms with Crippen molar-refractivity contribution in [2.24, 2.45) is 0 Å². The van der Waals surface area contributed by atoms with Gasteiger partial charge < -0.3 is 27.9 Å². The van der Waals surface area contributed by atoms with E-state index in [0.29, 0.717) is 17.4 Å². The Morgan fingerprint density at radius 3 is 0.842 bits per heavy atom. The molecular formula is C85H164NO8P. The van der Waals surface area contributed by atoms with Crippen molar-refractivity contribution < 1.29 is 42.1 Å². The van der Waals surface area contributed by atoms with Crippen LogP contribution in [0.25, 0.3) is 0 Å². The van der Waals surface area contributed by atoms with Crippen LogP contribution in [0.3, 0.4) is 0 Å². The van der Waals surface area contributed by atoms with E-state index in [1.54, 1.807) is 0 Å². The van der Waals surface area contributed by atoms with E-state index in [1.807, 2.05) is 21.1 Å². The van der Waals surface area contributed by atoms with E-state index < -0.39 is 26.5 Å². The Morgan fingerprint density at radius 2 is 0.568 bits per heavy atom. The molecule has 562 valence electrons. The Bertz CT molecular complexity index is 1690. The predicted molar refractivity (Wildman–Crippen MR) is 411 cm³/mol. The van der Waals surface area contributed by atoms with Crippen molar-refractivity contribution in [3.05, 3.63) is 36.5 Å². The molecule has 9 nitrogen and oxygen atoms in total. The van der Waals surface area contributed by atoms with Crippen molar-refractivity contribution in [3.8, 4) is 0 Å². The number of phosphoric acid groups is 1. The number of rotatable bonds is 80. The Hall–Kier alpha value is -1.77. The van der Waals surface area contributed by atoms with E-state index in [-0.39, 0.29) is 32.0 Å². The zero-order chi connectivity index (χ0) is 69.0. The molecule has 0 radical (unpaired) electrons. The van der Waals surface area contributed by atoms with Crippen LogP contribution in [0.5, 0.6) is 0 Å². The number of carbonyl (C=O) groups is 2. The van der Waals surface area contributed by atoms with Crippen molar-refractivity contribution in [1.82, 2.24) is 0 Å². The molecule has 95 heavy (non-hydrogen) atoms. The molecule has 10 heteroatoms. The molecule has 0 aromatic carbocycles. The van der Waals surface area contributed by atoms with Gasteiger partial charge in [-0.05, 0) is 51.4 Å². The maximum atomic E-state index is 12.9. The molecule has 0 aliphatic rings. The van der Waals surface area contributed by atoms with E-state index in [9.17, 15) is 19.0 Å². The summed E-state index contributed by atoms with van der Waals surface area (Å²) in [5.74, 6) is -0.804. The second-order valence-corrected chi connectivity index (χ2v) is 31.6. The molecular weight excluding hydrogens is 1190 g/mol. The summed E-state index contributed by atoms with van der Waals surface area (Å²) >= 11 is 0. The summed E-state index contributed by atoms with van der Waals surface area (Å²) in [6.45, 7) is 4.32. The molecule has 0 N–H and O–H groups in total. The number of quaternary nitrogens is 1. The SMILES string of the molecule is CCCCCCC/C=C\C/C=C\C/C=C\CCCCCCCCCCCCCCCCCCCCCCCCCCCCC(=O)OC(COC(=O)CCCCCCCCCCCCCCCCCCCCCCCCCCCCCCCC)COP(=O)([O-])OCC[N+](C)(C)C. The van der Waals surface area contributed by atoms with Crippen LogP contribution in [0, 0.1) is 0 Å². The van der Waals surface area contributed by atoms with E-state index in [0.717, 1.165) is 44.9 Å². The van der Waals surface area contributed by atoms with E-state index in [1.165, 1.54) is 366 Å². The summed E-state index contributed by atoms with van der Waals surface area (Å²) in [5.41, 5.74) is 0. The first-order chi connectivity index (χ1) is 46.5. The van der Waals surface area contributed by atoms with Crippen molar-refractivity contribution in [2.75, 3.05) is 47.5 Å². The summed E-state index contributed by atoms with van der Waals surface area (Å²) in [6.07, 6.45) is 100. The predicted octanol–water partition coefficient (Wildman–Crippen LogP) is 27.5. The van der Waals surface area contributed by atoms with Crippen molar-refractivity contribution in [2.45, 2.75) is 450 Å². The molecule has 0 aliphatic carbocycles. The van der Waals surface area contributed by atoms with Gasteiger partial charge in [0.15, 0.2) is 6.10 Å². The summed E-state index contributed by atoms with van der Waals surface area (Å²) in [7, 11) is 1.19. The molecule has 0 fully saturated rings. The van der Waals surface area contributed by atoms with Crippen LogP contribution >= 0.6 is 7.82 Å². The van der Waals surface area contributed by atoms with Gasteiger partial charge in [0.1, 0.15) is 19.8 Å². The number of nitrogens with zero attached hydrogens (tertiary/aromatic N) is 1. The molecule has 2 atom stereocenters. The number of unbranched alkanes of at least 4 members (excludes halogenated alkanes) is 60. The normalized spacial score (nSPS) is 13.1. The minimum absolute atomic E-state index is 0.0264. The highest BCUT2D eigenvalue weighted by atomic mass is 31.2. The molecule has 0 saturated heterocycles. The molecule has 0 amide bonds. The molecule has 0 aromatic heterocycles. The average Bonchev–Trinajstić information content (AvgIpc) is 1.81. The first-order valence-corrected chi connectivity index (χ1v) is 43.7. The minimum Gasteiger partial charge on any atom is -0.756 e. The second kappa shape index (κ2) is 76.4. The van der Waals surface area contributed by atoms with Crippen LogP contribution < -0.4 is 4.89 Å². The van der Waals surface area contributed by atoms with Gasteiger partial charge in [0, 0.05) is 12.8 Å². The van der Waals surface area contributed by atoms with Gasteiger partial charge >= 0.3 is 11.9 Å². The Morgan fingerprint density at radius 1 is 0.326 bits per heavy atom. The number of allylic oxidation sites excluding steroid dienone is 6. The fraction of sp³-hybridized carbons (Fsp3) is 0.906. The van der Waals surface area contributed by atoms with E-state index in [4.69, 9.17) is 18.5 Å². The lowest BCUT2D eigenvalue weighted by atomic mass is 10.0. The molecule has 0 aromatic rings. The highest BCUT2D eigenvalue weighted by molar-refractivity contribution is 7.45. The third kappa shape index (κ3) is 81.1. The van der Waals surface area contributed by atoms with Crippen LogP contribution in [0.15, 0.2) is 36.5 Å². The number of likely N-dealkylation sites (N-methyl/N-ethyl adjacent to an activating group) is 1. The van der Waals surface area contributed by atoms with Crippen LogP contribution in [-0.4, -0.2) is 70.0 Å². The van der Waals surface area contributed by atoms with Gasteiger partial charge in [0.2, 0.25) is 0 Å².